The first-order chi connectivity index (χ1) is 35.3. The summed E-state index contributed by atoms with van der Waals surface area (Å²) < 4.78 is 54.4. The highest BCUT2D eigenvalue weighted by Crippen LogP contribution is 2.74. The van der Waals surface area contributed by atoms with E-state index in [0.717, 1.165) is 5.57 Å². The Hall–Kier alpha value is -1.76. The summed E-state index contributed by atoms with van der Waals surface area (Å²) in [5, 5.41) is 131. The van der Waals surface area contributed by atoms with E-state index in [4.69, 9.17) is 42.6 Å². The van der Waals surface area contributed by atoms with Gasteiger partial charge in [0.2, 0.25) is 0 Å². The Labute approximate surface area is 435 Å². The van der Waals surface area contributed by atoms with Crippen molar-refractivity contribution in [3.05, 3.63) is 11.1 Å². The first-order valence-electron chi connectivity index (χ1n) is 26.9. The van der Waals surface area contributed by atoms with Crippen molar-refractivity contribution in [1.29, 1.82) is 0 Å². The summed E-state index contributed by atoms with van der Waals surface area (Å²) in [6, 6.07) is 0. The van der Waals surface area contributed by atoms with Crippen molar-refractivity contribution in [2.45, 2.75) is 241 Å². The van der Waals surface area contributed by atoms with Crippen LogP contribution in [0.2, 0.25) is 0 Å². The molecule has 0 aromatic carbocycles. The quantitative estimate of drug-likeness (QED) is 0.0866. The van der Waals surface area contributed by atoms with Gasteiger partial charge in [-0.25, -0.2) is 0 Å². The van der Waals surface area contributed by atoms with Crippen LogP contribution in [0.5, 0.6) is 0 Å². The zero-order valence-electron chi connectivity index (χ0n) is 43.8. The SMILES string of the molecule is CCC(=O)[C@H]1C[C@H](C)[C@]2(CC(=O)[C@]3(C)C4=C(CC[C@]32C)[C@@]2(C)CC[C@H](O[C@H]3O[C@H](CO[C@@H]5OC[C@H](O)[C@@H](O)[C@@H]5O[C@H]5O[C@@H](CO)[C@@H](O)[C@@H](O)[C@H]5O[C@H]5O[C@@H](C)[C@@H](O)[C@@H](O)[C@H]5O)[C@@H](O)[C@@H](O)[C@@H]3O)[C@](C)(CO)[C@@H]2CC4)O1. The average Bonchev–Trinajstić information content (AvgIpc) is 3.97. The lowest BCUT2D eigenvalue weighted by atomic mass is 9.42. The summed E-state index contributed by atoms with van der Waals surface area (Å²) >= 11 is 0. The largest absolute Gasteiger partial charge is 0.396 e. The van der Waals surface area contributed by atoms with Crippen molar-refractivity contribution < 1.29 is 113 Å². The van der Waals surface area contributed by atoms with Crippen LogP contribution in [-0.2, 0) is 52.2 Å². The topological polar surface area (TPSA) is 360 Å². The molecule has 1 spiro atoms. The van der Waals surface area contributed by atoms with Crippen LogP contribution in [0.3, 0.4) is 0 Å². The molecule has 7 fully saturated rings. The van der Waals surface area contributed by atoms with Gasteiger partial charge in [0.15, 0.2) is 30.9 Å². The molecule has 0 aromatic rings. The Morgan fingerprint density at radius 3 is 1.97 bits per heavy atom. The minimum atomic E-state index is -1.92. The molecule has 23 heteroatoms. The number of ether oxygens (including phenoxy) is 9. The van der Waals surface area contributed by atoms with Crippen LogP contribution < -0.4 is 0 Å². The highest BCUT2D eigenvalue weighted by atomic mass is 16.8. The maximum Gasteiger partial charge on any atom is 0.187 e. The van der Waals surface area contributed by atoms with E-state index in [1.54, 1.807) is 0 Å². The molecule has 428 valence electrons. The van der Waals surface area contributed by atoms with Crippen molar-refractivity contribution in [3.8, 4) is 0 Å². The molecule has 5 saturated heterocycles. The van der Waals surface area contributed by atoms with Crippen LogP contribution in [0.15, 0.2) is 11.1 Å². The van der Waals surface area contributed by atoms with E-state index in [-0.39, 0.29) is 36.4 Å². The van der Waals surface area contributed by atoms with Gasteiger partial charge >= 0.3 is 0 Å². The maximum atomic E-state index is 14.6. The predicted molar refractivity (Wildman–Crippen MR) is 253 cm³/mol. The summed E-state index contributed by atoms with van der Waals surface area (Å²) in [6.07, 6.45) is -28.3. The molecular formula is C52H82O23. The maximum absolute atomic E-state index is 14.6. The van der Waals surface area contributed by atoms with E-state index in [1.165, 1.54) is 12.5 Å². The third-order valence-corrected chi connectivity index (χ3v) is 20.3. The van der Waals surface area contributed by atoms with Gasteiger partial charge in [0.1, 0.15) is 97.3 Å². The summed E-state index contributed by atoms with van der Waals surface area (Å²) in [6.45, 7) is 11.5. The molecule has 4 aliphatic carbocycles. The zero-order valence-corrected chi connectivity index (χ0v) is 43.8. The van der Waals surface area contributed by atoms with Crippen LogP contribution >= 0.6 is 0 Å². The summed E-state index contributed by atoms with van der Waals surface area (Å²) in [4.78, 5) is 27.6. The Morgan fingerprint density at radius 2 is 1.31 bits per heavy atom. The van der Waals surface area contributed by atoms with Gasteiger partial charge in [-0.05, 0) is 76.0 Å². The lowest BCUT2D eigenvalue weighted by Crippen LogP contribution is -2.66. The average molecular weight is 1080 g/mol. The fraction of sp³-hybridized carbons (Fsp3) is 0.923. The monoisotopic (exact) mass is 1070 g/mol. The molecule has 9 aliphatic rings. The molecule has 2 saturated carbocycles. The lowest BCUT2D eigenvalue weighted by Gasteiger charge is -2.63. The molecule has 0 aromatic heterocycles. The van der Waals surface area contributed by atoms with Gasteiger partial charge in [0.05, 0.1) is 49.7 Å². The molecular weight excluding hydrogens is 993 g/mol. The Bertz CT molecular complexity index is 2120. The van der Waals surface area contributed by atoms with Crippen LogP contribution in [0.4, 0.5) is 0 Å². The molecule has 5 heterocycles. The fourth-order valence-corrected chi connectivity index (χ4v) is 15.3. The molecule has 0 radical (unpaired) electrons. The van der Waals surface area contributed by atoms with Gasteiger partial charge in [0.25, 0.3) is 0 Å². The fourth-order valence-electron chi connectivity index (χ4n) is 15.3. The van der Waals surface area contributed by atoms with Crippen LogP contribution in [0.1, 0.15) is 106 Å². The minimum absolute atomic E-state index is 0.00721. The number of allylic oxidation sites excluding steroid dienone is 2. The molecule has 75 heavy (non-hydrogen) atoms. The van der Waals surface area contributed by atoms with Crippen molar-refractivity contribution in [1.82, 2.24) is 0 Å². The first-order valence-corrected chi connectivity index (χ1v) is 26.9. The van der Waals surface area contributed by atoms with Crippen LogP contribution in [-0.4, -0.2) is 234 Å². The van der Waals surface area contributed by atoms with Crippen molar-refractivity contribution in [2.24, 2.45) is 33.5 Å². The highest BCUT2D eigenvalue weighted by Gasteiger charge is 2.75. The number of fused-ring (bicyclic) bond motifs is 5. The minimum Gasteiger partial charge on any atom is -0.396 e. The van der Waals surface area contributed by atoms with E-state index >= 15 is 0 Å². The normalized spacial score (nSPS) is 54.2. The van der Waals surface area contributed by atoms with Crippen LogP contribution in [0.25, 0.3) is 0 Å². The van der Waals surface area contributed by atoms with Crippen LogP contribution in [0, 0.1) is 33.5 Å². The van der Waals surface area contributed by atoms with E-state index in [9.17, 15) is 70.9 Å². The summed E-state index contributed by atoms with van der Waals surface area (Å²) in [7, 11) is 0. The second-order valence-corrected chi connectivity index (χ2v) is 24.0. The summed E-state index contributed by atoms with van der Waals surface area (Å²) in [5.74, 6) is 0.0358. The van der Waals surface area contributed by atoms with E-state index in [2.05, 4.69) is 27.7 Å². The molecule has 0 amide bonds. The number of hydrogen-bond donors (Lipinski definition) is 12. The second kappa shape index (κ2) is 21.3. The molecule has 9 rings (SSSR count). The number of aliphatic hydroxyl groups excluding tert-OH is 12. The zero-order chi connectivity index (χ0) is 54.6. The third-order valence-electron chi connectivity index (χ3n) is 20.3. The third kappa shape index (κ3) is 9.07. The molecule has 12 N–H and O–H groups in total. The van der Waals surface area contributed by atoms with Gasteiger partial charge in [-0.3, -0.25) is 9.59 Å². The highest BCUT2D eigenvalue weighted by molar-refractivity contribution is 5.94. The lowest BCUT2D eigenvalue weighted by molar-refractivity contribution is -0.390. The first kappa shape index (κ1) is 57.9. The smallest absolute Gasteiger partial charge is 0.187 e. The molecule has 23 nitrogen and oxygen atoms in total. The number of hydrogen-bond acceptors (Lipinski definition) is 23. The van der Waals surface area contributed by atoms with E-state index in [1.807, 2.05) is 13.8 Å². The van der Waals surface area contributed by atoms with Gasteiger partial charge in [0, 0.05) is 23.7 Å². The number of Topliss-reactive ketones (excluding diaryl/α,β-unsaturated/α-hetero) is 2. The number of rotatable bonds is 13. The Morgan fingerprint density at radius 1 is 0.680 bits per heavy atom. The number of aliphatic hydroxyl groups is 12. The van der Waals surface area contributed by atoms with E-state index in [0.29, 0.717) is 51.4 Å². The van der Waals surface area contributed by atoms with Gasteiger partial charge in [-0.1, -0.05) is 45.8 Å². The van der Waals surface area contributed by atoms with Crippen molar-refractivity contribution >= 4 is 11.6 Å². The van der Waals surface area contributed by atoms with Gasteiger partial charge in [-0.15, -0.1) is 0 Å². The molecule has 0 bridgehead atoms. The molecule has 28 atom stereocenters. The number of carbonyl (C=O) groups is 2. The molecule has 0 unspecified atom stereocenters. The van der Waals surface area contributed by atoms with Crippen molar-refractivity contribution in [2.75, 3.05) is 26.4 Å². The number of ketones is 2. The predicted octanol–water partition coefficient (Wildman–Crippen LogP) is -2.26. The standard InChI is InChI=1S/C52H82O23/c1-8-25(55)27-15-21(2)52(75-27)16-31(57)51(7)24-9-10-30-48(4,23(24)11-14-50(51,52)6)13-12-32(49(30,5)20-54)72-45-41(66)38(63)36(61)29(71-45)19-68-46-42(34(59)26(56)18-67-46)74-47-43(39(64)35(60)28(17-53)70-47)73-44-40(65)37(62)33(58)22(3)69-44/h21-22,26-30,32-47,53-54,56,58-66H,8-20H2,1-7H3/t21-,22-,26-,27+,28-,29+,30+,32-,33+,34+,35+,36+,37+,38+,39+,40+,41-,42-,43+,44+,45+,46-,47+,48+,49+,50+,51-,52-/m0/s1. The second-order valence-electron chi connectivity index (χ2n) is 24.0. The number of carbonyl (C=O) groups excluding carboxylic acids is 2. The molecule has 5 aliphatic heterocycles. The summed E-state index contributed by atoms with van der Waals surface area (Å²) in [5.41, 5.74) is -1.17. The Balaban J connectivity index is 0.900. The Kier molecular flexibility index (Phi) is 16.4. The van der Waals surface area contributed by atoms with Gasteiger partial charge in [-0.2, -0.15) is 0 Å². The van der Waals surface area contributed by atoms with Gasteiger partial charge < -0.3 is 104 Å². The van der Waals surface area contributed by atoms with Crippen molar-refractivity contribution in [3.63, 3.8) is 0 Å². The van der Waals surface area contributed by atoms with E-state index < -0.39 is 176 Å².